The van der Waals surface area contributed by atoms with Crippen LogP contribution in [0.15, 0.2) is 23.1 Å². The van der Waals surface area contributed by atoms with Crippen LogP contribution in [0.25, 0.3) is 0 Å². The molecule has 2 rings (SSSR count). The van der Waals surface area contributed by atoms with Crippen molar-refractivity contribution in [1.82, 2.24) is 9.47 Å². The molecule has 0 saturated carbocycles. The zero-order valence-electron chi connectivity index (χ0n) is 14.0. The third-order valence-electron chi connectivity index (χ3n) is 4.34. The second-order valence-corrected chi connectivity index (χ2v) is 5.88. The summed E-state index contributed by atoms with van der Waals surface area (Å²) in [7, 11) is 3.15. The number of nitrogens with zero attached hydrogens (tertiary/aromatic N) is 2. The Labute approximate surface area is 137 Å². The fourth-order valence-electron chi connectivity index (χ4n) is 3.12. The van der Waals surface area contributed by atoms with Crippen LogP contribution >= 0.6 is 0 Å². The molecule has 1 aromatic heterocycles. The molecular weight excluding hydrogens is 296 g/mol. The summed E-state index contributed by atoms with van der Waals surface area (Å²) in [6.07, 6.45) is 6.74. The molecule has 1 aromatic rings. The summed E-state index contributed by atoms with van der Waals surface area (Å²) in [6, 6.07) is 3.59. The lowest BCUT2D eigenvalue weighted by atomic mass is 9.98. The van der Waals surface area contributed by atoms with Gasteiger partial charge in [0.25, 0.3) is 5.56 Å². The molecule has 6 heteroatoms. The van der Waals surface area contributed by atoms with Crippen molar-refractivity contribution >= 4 is 5.91 Å². The smallest absolute Gasteiger partial charge is 0.293 e. The van der Waals surface area contributed by atoms with Gasteiger partial charge in [-0.15, -0.1) is 0 Å². The monoisotopic (exact) mass is 322 g/mol. The summed E-state index contributed by atoms with van der Waals surface area (Å²) in [6.45, 7) is 1.56. The van der Waals surface area contributed by atoms with E-state index in [0.29, 0.717) is 6.61 Å². The van der Waals surface area contributed by atoms with Crippen LogP contribution in [0.5, 0.6) is 5.75 Å². The number of pyridine rings is 1. The minimum absolute atomic E-state index is 0.00229. The molecule has 1 fully saturated rings. The number of hydrogen-bond donors (Lipinski definition) is 0. The van der Waals surface area contributed by atoms with Crippen LogP contribution in [0.1, 0.15) is 32.1 Å². The molecule has 1 saturated heterocycles. The van der Waals surface area contributed by atoms with Crippen molar-refractivity contribution in [1.29, 1.82) is 0 Å². The van der Waals surface area contributed by atoms with Gasteiger partial charge in [0.2, 0.25) is 5.91 Å². The second-order valence-electron chi connectivity index (χ2n) is 5.88. The Morgan fingerprint density at radius 2 is 2.17 bits per heavy atom. The molecule has 0 N–H and O–H groups in total. The quantitative estimate of drug-likeness (QED) is 0.717. The minimum Gasteiger partial charge on any atom is -0.491 e. The number of ether oxygens (including phenoxy) is 2. The number of piperidine rings is 1. The van der Waals surface area contributed by atoms with Crippen molar-refractivity contribution in [2.75, 3.05) is 27.4 Å². The molecule has 0 aliphatic carbocycles. The van der Waals surface area contributed by atoms with E-state index in [1.54, 1.807) is 25.4 Å². The predicted molar refractivity (Wildman–Crippen MR) is 87.7 cm³/mol. The average Bonchev–Trinajstić information content (AvgIpc) is 2.57. The summed E-state index contributed by atoms with van der Waals surface area (Å²) in [5, 5.41) is 0. The third kappa shape index (κ3) is 4.58. The van der Waals surface area contributed by atoms with E-state index in [2.05, 4.69) is 0 Å². The van der Waals surface area contributed by atoms with Crippen LogP contribution in [0.3, 0.4) is 0 Å². The Kier molecular flexibility index (Phi) is 6.65. The summed E-state index contributed by atoms with van der Waals surface area (Å²) in [4.78, 5) is 26.8. The van der Waals surface area contributed by atoms with Crippen molar-refractivity contribution in [3.05, 3.63) is 28.7 Å². The molecule has 23 heavy (non-hydrogen) atoms. The van der Waals surface area contributed by atoms with Gasteiger partial charge in [0.15, 0.2) is 5.75 Å². The van der Waals surface area contributed by atoms with Gasteiger partial charge in [-0.25, -0.2) is 0 Å². The topological polar surface area (TPSA) is 60.8 Å². The second kappa shape index (κ2) is 8.72. The van der Waals surface area contributed by atoms with Crippen molar-refractivity contribution in [2.24, 2.45) is 0 Å². The normalized spacial score (nSPS) is 18.0. The molecule has 1 aliphatic rings. The van der Waals surface area contributed by atoms with Crippen LogP contribution < -0.4 is 10.3 Å². The minimum atomic E-state index is -0.267. The number of carbonyl (C=O) groups excluding carboxylic acids is 1. The van der Waals surface area contributed by atoms with Crippen molar-refractivity contribution in [3.8, 4) is 5.75 Å². The molecule has 1 amide bonds. The van der Waals surface area contributed by atoms with Crippen molar-refractivity contribution in [3.63, 3.8) is 0 Å². The first-order chi connectivity index (χ1) is 11.2. The van der Waals surface area contributed by atoms with Crippen LogP contribution in [0.4, 0.5) is 0 Å². The highest BCUT2D eigenvalue weighted by Crippen LogP contribution is 2.21. The van der Waals surface area contributed by atoms with Gasteiger partial charge in [-0.1, -0.05) is 0 Å². The van der Waals surface area contributed by atoms with Crippen LogP contribution in [-0.4, -0.2) is 48.8 Å². The molecule has 0 radical (unpaired) electrons. The summed E-state index contributed by atoms with van der Waals surface area (Å²) in [5.74, 6) is 0.262. The zero-order chi connectivity index (χ0) is 16.7. The number of aromatic nitrogens is 1. The van der Waals surface area contributed by atoms with Gasteiger partial charge < -0.3 is 18.9 Å². The Balaban J connectivity index is 2.04. The Morgan fingerprint density at radius 3 is 2.91 bits per heavy atom. The van der Waals surface area contributed by atoms with Gasteiger partial charge in [0.05, 0.1) is 7.11 Å². The van der Waals surface area contributed by atoms with Crippen LogP contribution in [-0.2, 0) is 16.1 Å². The van der Waals surface area contributed by atoms with Gasteiger partial charge in [-0.2, -0.15) is 0 Å². The molecule has 0 unspecified atom stereocenters. The fraction of sp³-hybridized carbons (Fsp3) is 0.647. The molecule has 0 spiro atoms. The van der Waals surface area contributed by atoms with Gasteiger partial charge in [0.1, 0.15) is 6.54 Å². The number of rotatable bonds is 7. The Hall–Kier alpha value is -1.82. The maximum absolute atomic E-state index is 12.7. The number of hydrogen-bond acceptors (Lipinski definition) is 4. The van der Waals surface area contributed by atoms with Crippen LogP contribution in [0, 0.1) is 0 Å². The summed E-state index contributed by atoms with van der Waals surface area (Å²) in [5.41, 5.74) is -0.267. The molecule has 1 atom stereocenters. The van der Waals surface area contributed by atoms with Gasteiger partial charge >= 0.3 is 0 Å². The highest BCUT2D eigenvalue weighted by Gasteiger charge is 2.26. The molecule has 0 bridgehead atoms. The van der Waals surface area contributed by atoms with E-state index < -0.39 is 0 Å². The number of amides is 1. The Bertz CT molecular complexity index is 570. The lowest BCUT2D eigenvalue weighted by Crippen LogP contribution is -2.46. The molecule has 6 nitrogen and oxygen atoms in total. The maximum atomic E-state index is 12.7. The maximum Gasteiger partial charge on any atom is 0.293 e. The van der Waals surface area contributed by atoms with Crippen molar-refractivity contribution < 1.29 is 14.3 Å². The van der Waals surface area contributed by atoms with E-state index in [1.165, 1.54) is 11.7 Å². The molecule has 0 aromatic carbocycles. The standard InChI is InChI=1S/C17H26N2O4/c1-22-12-6-8-14-7-3-4-11-19(14)16(20)13-18-10-5-9-15(23-2)17(18)21/h5,9-10,14H,3-4,6-8,11-13H2,1-2H3/t14-/m0/s1. The van der Waals surface area contributed by atoms with Gasteiger partial charge in [-0.3, -0.25) is 9.59 Å². The van der Waals surface area contributed by atoms with E-state index in [1.807, 2.05) is 4.90 Å². The van der Waals surface area contributed by atoms with Gasteiger partial charge in [0, 0.05) is 32.5 Å². The first kappa shape index (κ1) is 17.5. The first-order valence-electron chi connectivity index (χ1n) is 8.19. The zero-order valence-corrected chi connectivity index (χ0v) is 14.0. The molecule has 2 heterocycles. The highest BCUT2D eigenvalue weighted by molar-refractivity contribution is 5.76. The largest absolute Gasteiger partial charge is 0.491 e. The predicted octanol–water partition coefficient (Wildman–Crippen LogP) is 1.66. The summed E-state index contributed by atoms with van der Waals surface area (Å²) < 4.78 is 11.5. The fourth-order valence-corrected chi connectivity index (χ4v) is 3.12. The molecule has 128 valence electrons. The highest BCUT2D eigenvalue weighted by atomic mass is 16.5. The van der Waals surface area contributed by atoms with E-state index >= 15 is 0 Å². The van der Waals surface area contributed by atoms with E-state index in [0.717, 1.165) is 38.6 Å². The number of likely N-dealkylation sites (tertiary alicyclic amines) is 1. The number of methoxy groups -OCH3 is 2. The lowest BCUT2D eigenvalue weighted by molar-refractivity contribution is -0.135. The SMILES string of the molecule is COCCC[C@@H]1CCCCN1C(=O)Cn1cccc(OC)c1=O. The van der Waals surface area contributed by atoms with E-state index in [9.17, 15) is 9.59 Å². The third-order valence-corrected chi connectivity index (χ3v) is 4.34. The van der Waals surface area contributed by atoms with Crippen LogP contribution in [0.2, 0.25) is 0 Å². The Morgan fingerprint density at radius 1 is 1.35 bits per heavy atom. The summed E-state index contributed by atoms with van der Waals surface area (Å²) >= 11 is 0. The average molecular weight is 322 g/mol. The van der Waals surface area contributed by atoms with E-state index in [4.69, 9.17) is 9.47 Å². The van der Waals surface area contributed by atoms with Gasteiger partial charge in [-0.05, 0) is 44.2 Å². The van der Waals surface area contributed by atoms with E-state index in [-0.39, 0.29) is 29.8 Å². The molecular formula is C17H26N2O4. The lowest BCUT2D eigenvalue weighted by Gasteiger charge is -2.36. The molecule has 1 aliphatic heterocycles. The number of carbonyl (C=O) groups is 1. The van der Waals surface area contributed by atoms with Crippen molar-refractivity contribution in [2.45, 2.75) is 44.7 Å². The first-order valence-corrected chi connectivity index (χ1v) is 8.19.